The monoisotopic (exact) mass is 184 g/mol. The molecule has 1 atom stereocenters. The van der Waals surface area contributed by atoms with Gasteiger partial charge in [0.15, 0.2) is 5.56 Å². The van der Waals surface area contributed by atoms with Gasteiger partial charge in [-0.15, -0.1) is 0 Å². The van der Waals surface area contributed by atoms with Gasteiger partial charge in [0.2, 0.25) is 0 Å². The molecule has 1 aromatic rings. The summed E-state index contributed by atoms with van der Waals surface area (Å²) in [5.74, 6) is 0.874. The second-order valence-corrected chi connectivity index (χ2v) is 3.19. The molecule has 12 heavy (non-hydrogen) atoms. The Balaban J connectivity index is 2.69. The quantitative estimate of drug-likeness (QED) is 0.655. The highest BCUT2D eigenvalue weighted by Crippen LogP contribution is 2.19. The maximum Gasteiger partial charge on any atom is 0.171 e. The van der Waals surface area contributed by atoms with Crippen LogP contribution in [0.15, 0.2) is 24.3 Å². The summed E-state index contributed by atoms with van der Waals surface area (Å²) in [5, 5.41) is 0. The van der Waals surface area contributed by atoms with E-state index in [2.05, 4.69) is 0 Å². The first kappa shape index (κ1) is 9.40. The van der Waals surface area contributed by atoms with E-state index >= 15 is 0 Å². The van der Waals surface area contributed by atoms with Crippen LogP contribution in [0, 0.1) is 6.92 Å². The number of rotatable bonds is 3. The van der Waals surface area contributed by atoms with Gasteiger partial charge < -0.3 is 4.74 Å². The van der Waals surface area contributed by atoms with E-state index in [-0.39, 0.29) is 5.56 Å². The third-order valence-corrected chi connectivity index (χ3v) is 2.07. The molecule has 1 unspecified atom stereocenters. The minimum atomic E-state index is -0.217. The van der Waals surface area contributed by atoms with E-state index in [9.17, 15) is 0 Å². The first-order valence-corrected chi connectivity index (χ1v) is 4.54. The minimum absolute atomic E-state index is 0.217. The largest absolute Gasteiger partial charge is 0.474 e. The lowest BCUT2D eigenvalue weighted by atomic mass is 10.2. The zero-order valence-electron chi connectivity index (χ0n) is 7.38. The van der Waals surface area contributed by atoms with E-state index in [1.54, 1.807) is 0 Å². The van der Waals surface area contributed by atoms with Gasteiger partial charge in [-0.25, -0.2) is 0 Å². The highest BCUT2D eigenvalue weighted by Gasteiger charge is 2.03. The molecule has 1 nitrogen and oxygen atoms in total. The fraction of sp³-hybridized carbons (Fsp3) is 0.400. The van der Waals surface area contributed by atoms with Gasteiger partial charge in [-0.3, -0.25) is 0 Å². The molecule has 0 fully saturated rings. The molecule has 0 aliphatic rings. The van der Waals surface area contributed by atoms with Crippen LogP contribution in [0.25, 0.3) is 0 Å². The number of halogens is 1. The van der Waals surface area contributed by atoms with Crippen molar-refractivity contribution in [3.8, 4) is 5.75 Å². The number of benzene rings is 1. The molecule has 0 aliphatic carbocycles. The number of aryl methyl sites for hydroxylation is 1. The molecule has 0 amide bonds. The molecule has 0 radical (unpaired) electrons. The molecule has 0 N–H and O–H groups in total. The molecule has 0 saturated carbocycles. The van der Waals surface area contributed by atoms with E-state index in [1.807, 2.05) is 38.1 Å². The zero-order valence-corrected chi connectivity index (χ0v) is 8.14. The number of alkyl halides is 1. The van der Waals surface area contributed by atoms with Crippen molar-refractivity contribution in [2.24, 2.45) is 0 Å². The van der Waals surface area contributed by atoms with Gasteiger partial charge in [0.1, 0.15) is 5.75 Å². The van der Waals surface area contributed by atoms with Crippen molar-refractivity contribution in [1.82, 2.24) is 0 Å². The Morgan fingerprint density at radius 1 is 1.42 bits per heavy atom. The third kappa shape index (κ3) is 2.42. The molecular weight excluding hydrogens is 172 g/mol. The topological polar surface area (TPSA) is 9.23 Å². The summed E-state index contributed by atoms with van der Waals surface area (Å²) < 4.78 is 5.46. The van der Waals surface area contributed by atoms with Crippen molar-refractivity contribution in [2.45, 2.75) is 25.8 Å². The summed E-state index contributed by atoms with van der Waals surface area (Å²) in [5.41, 5.74) is 0.905. The molecule has 0 saturated heterocycles. The van der Waals surface area contributed by atoms with Crippen LogP contribution in [0.3, 0.4) is 0 Å². The van der Waals surface area contributed by atoms with Crippen molar-refractivity contribution in [2.75, 3.05) is 0 Å². The van der Waals surface area contributed by atoms with Crippen LogP contribution in [0.1, 0.15) is 18.9 Å². The second-order valence-electron chi connectivity index (χ2n) is 2.70. The van der Waals surface area contributed by atoms with Crippen molar-refractivity contribution in [3.05, 3.63) is 29.8 Å². The highest BCUT2D eigenvalue weighted by molar-refractivity contribution is 6.19. The first-order chi connectivity index (χ1) is 5.74. The smallest absolute Gasteiger partial charge is 0.171 e. The average Bonchev–Trinajstić information content (AvgIpc) is 2.09. The average molecular weight is 185 g/mol. The van der Waals surface area contributed by atoms with E-state index in [1.165, 1.54) is 0 Å². The van der Waals surface area contributed by atoms with Crippen molar-refractivity contribution in [1.29, 1.82) is 0 Å². The summed E-state index contributed by atoms with van der Waals surface area (Å²) >= 11 is 5.85. The number of para-hydroxylation sites is 1. The standard InChI is InChI=1S/C10H13ClO/c1-3-10(11)12-9-7-5-4-6-8(9)2/h4-7,10H,3H2,1-2H3. The van der Waals surface area contributed by atoms with Crippen molar-refractivity contribution < 1.29 is 4.74 Å². The SMILES string of the molecule is CCC(Cl)Oc1ccccc1C. The van der Waals surface area contributed by atoms with E-state index < -0.39 is 0 Å². The van der Waals surface area contributed by atoms with Gasteiger partial charge in [0.25, 0.3) is 0 Å². The highest BCUT2D eigenvalue weighted by atomic mass is 35.5. The molecule has 66 valence electrons. The van der Waals surface area contributed by atoms with Gasteiger partial charge in [-0.05, 0) is 25.0 Å². The lowest BCUT2D eigenvalue weighted by Gasteiger charge is -2.12. The van der Waals surface area contributed by atoms with Gasteiger partial charge in [-0.2, -0.15) is 0 Å². The van der Waals surface area contributed by atoms with Crippen LogP contribution >= 0.6 is 11.6 Å². The first-order valence-electron chi connectivity index (χ1n) is 4.10. The summed E-state index contributed by atoms with van der Waals surface area (Å²) in [6.07, 6.45) is 0.815. The van der Waals surface area contributed by atoms with Crippen LogP contribution < -0.4 is 4.74 Å². The Kier molecular flexibility index (Phi) is 3.42. The summed E-state index contributed by atoms with van der Waals surface area (Å²) in [6, 6.07) is 7.87. The van der Waals surface area contributed by atoms with Crippen molar-refractivity contribution in [3.63, 3.8) is 0 Å². The van der Waals surface area contributed by atoms with Crippen LogP contribution in [0.2, 0.25) is 0 Å². The number of hydrogen-bond donors (Lipinski definition) is 0. The summed E-state index contributed by atoms with van der Waals surface area (Å²) in [4.78, 5) is 0. The fourth-order valence-corrected chi connectivity index (χ4v) is 1.01. The number of ether oxygens (including phenoxy) is 1. The maximum atomic E-state index is 5.85. The van der Waals surface area contributed by atoms with E-state index in [0.717, 1.165) is 17.7 Å². The molecule has 0 aliphatic heterocycles. The predicted molar refractivity (Wildman–Crippen MR) is 51.7 cm³/mol. The lowest BCUT2D eigenvalue weighted by Crippen LogP contribution is -2.07. The molecule has 0 bridgehead atoms. The molecule has 1 rings (SSSR count). The molecule has 0 heterocycles. The summed E-state index contributed by atoms with van der Waals surface area (Å²) in [6.45, 7) is 4.00. The molecule has 0 aromatic heterocycles. The van der Waals surface area contributed by atoms with Crippen molar-refractivity contribution >= 4 is 11.6 Å². The maximum absolute atomic E-state index is 5.85. The number of hydrogen-bond acceptors (Lipinski definition) is 1. The Bertz CT molecular complexity index is 247. The Morgan fingerprint density at radius 2 is 2.08 bits per heavy atom. The zero-order chi connectivity index (χ0) is 8.97. The minimum Gasteiger partial charge on any atom is -0.474 e. The van der Waals surface area contributed by atoms with E-state index in [0.29, 0.717) is 0 Å². The fourth-order valence-electron chi connectivity index (χ4n) is 0.910. The van der Waals surface area contributed by atoms with Crippen LogP contribution in [-0.4, -0.2) is 5.56 Å². The molecule has 0 spiro atoms. The Labute approximate surface area is 78.3 Å². The molecular formula is C10H13ClO. The normalized spacial score (nSPS) is 12.6. The van der Waals surface area contributed by atoms with Gasteiger partial charge in [0.05, 0.1) is 0 Å². The van der Waals surface area contributed by atoms with Gasteiger partial charge in [0, 0.05) is 0 Å². The summed E-state index contributed by atoms with van der Waals surface area (Å²) in [7, 11) is 0. The van der Waals surface area contributed by atoms with Gasteiger partial charge in [-0.1, -0.05) is 36.7 Å². The second kappa shape index (κ2) is 4.36. The molecule has 1 aromatic carbocycles. The van der Waals surface area contributed by atoms with E-state index in [4.69, 9.17) is 16.3 Å². The Hall–Kier alpha value is -0.690. The molecule has 2 heteroatoms. The van der Waals surface area contributed by atoms with Crippen LogP contribution in [-0.2, 0) is 0 Å². The van der Waals surface area contributed by atoms with Crippen LogP contribution in [0.5, 0.6) is 5.75 Å². The third-order valence-electron chi connectivity index (χ3n) is 1.67. The predicted octanol–water partition coefficient (Wildman–Crippen LogP) is 3.35. The lowest BCUT2D eigenvalue weighted by molar-refractivity contribution is 0.275. The van der Waals surface area contributed by atoms with Gasteiger partial charge >= 0.3 is 0 Å². The van der Waals surface area contributed by atoms with Crippen LogP contribution in [0.4, 0.5) is 0 Å². The Morgan fingerprint density at radius 3 is 2.67 bits per heavy atom.